The molecular formula is C10H14N2. The second-order valence-electron chi connectivity index (χ2n) is 2.89. The van der Waals surface area contributed by atoms with Crippen LogP contribution in [0.2, 0.25) is 0 Å². The Bertz CT molecular complexity index is 243. The summed E-state index contributed by atoms with van der Waals surface area (Å²) in [5, 5.41) is 3.31. The molecule has 0 saturated heterocycles. The normalized spacial score (nSPS) is 12.3. The van der Waals surface area contributed by atoms with Gasteiger partial charge in [0, 0.05) is 30.9 Å². The van der Waals surface area contributed by atoms with Gasteiger partial charge in [-0.2, -0.15) is 0 Å². The first kappa shape index (κ1) is 8.89. The predicted molar refractivity (Wildman–Crippen MR) is 50.5 cm³/mol. The fraction of sp³-hybridized carbons (Fsp3) is 0.400. The third-order valence-electron chi connectivity index (χ3n) is 1.73. The lowest BCUT2D eigenvalue weighted by Gasteiger charge is -2.08. The van der Waals surface area contributed by atoms with E-state index in [1.54, 1.807) is 0 Å². The summed E-state index contributed by atoms with van der Waals surface area (Å²) < 4.78 is 0. The molecule has 1 unspecified atom stereocenters. The van der Waals surface area contributed by atoms with E-state index in [1.165, 1.54) is 5.69 Å². The number of hydrogen-bond acceptors (Lipinski definition) is 1. The number of hydrogen-bond donors (Lipinski definition) is 2. The highest BCUT2D eigenvalue weighted by Gasteiger charge is 1.98. The lowest BCUT2D eigenvalue weighted by molar-refractivity contribution is 0.554. The van der Waals surface area contributed by atoms with Crippen LogP contribution in [0.3, 0.4) is 0 Å². The fourth-order valence-corrected chi connectivity index (χ4v) is 1.01. The van der Waals surface area contributed by atoms with Gasteiger partial charge in [0.15, 0.2) is 0 Å². The number of nitrogens with one attached hydrogen (secondary N) is 2. The summed E-state index contributed by atoms with van der Waals surface area (Å²) in [6.45, 7) is 2.94. The Morgan fingerprint density at radius 3 is 3.17 bits per heavy atom. The molecule has 64 valence electrons. The largest absolute Gasteiger partial charge is 0.364 e. The zero-order valence-electron chi connectivity index (χ0n) is 7.30. The van der Waals surface area contributed by atoms with Crippen molar-refractivity contribution in [1.29, 1.82) is 0 Å². The molecule has 12 heavy (non-hydrogen) atoms. The highest BCUT2D eigenvalue weighted by molar-refractivity contribution is 5.03. The van der Waals surface area contributed by atoms with E-state index in [1.807, 2.05) is 12.3 Å². The molecule has 1 aromatic rings. The maximum atomic E-state index is 5.18. The van der Waals surface area contributed by atoms with Crippen LogP contribution in [0.4, 0.5) is 0 Å². The molecule has 0 fully saturated rings. The molecule has 0 amide bonds. The highest BCUT2D eigenvalue weighted by atomic mass is 14.9. The lowest BCUT2D eigenvalue weighted by atomic mass is 10.2. The number of rotatable bonds is 4. The van der Waals surface area contributed by atoms with E-state index in [4.69, 9.17) is 6.42 Å². The van der Waals surface area contributed by atoms with Gasteiger partial charge in [-0.05, 0) is 19.1 Å². The van der Waals surface area contributed by atoms with E-state index in [-0.39, 0.29) is 0 Å². The minimum absolute atomic E-state index is 0.387. The van der Waals surface area contributed by atoms with Crippen molar-refractivity contribution < 1.29 is 0 Å². The van der Waals surface area contributed by atoms with E-state index in [0.717, 1.165) is 13.0 Å². The van der Waals surface area contributed by atoms with E-state index in [0.29, 0.717) is 6.04 Å². The quantitative estimate of drug-likeness (QED) is 0.645. The van der Waals surface area contributed by atoms with Gasteiger partial charge in [0.05, 0.1) is 0 Å². The first-order valence-corrected chi connectivity index (χ1v) is 4.12. The Morgan fingerprint density at radius 2 is 2.58 bits per heavy atom. The van der Waals surface area contributed by atoms with E-state index in [2.05, 4.69) is 29.2 Å². The first-order chi connectivity index (χ1) is 5.83. The molecule has 1 atom stereocenters. The summed E-state index contributed by atoms with van der Waals surface area (Å²) in [4.78, 5) is 3.12. The zero-order chi connectivity index (χ0) is 8.81. The summed E-state index contributed by atoms with van der Waals surface area (Å²) in [5.74, 6) is 2.62. The van der Waals surface area contributed by atoms with Crippen molar-refractivity contribution >= 4 is 0 Å². The summed E-state index contributed by atoms with van der Waals surface area (Å²) >= 11 is 0. The van der Waals surface area contributed by atoms with Gasteiger partial charge in [-0.3, -0.25) is 0 Å². The number of terminal acetylenes is 1. The summed E-state index contributed by atoms with van der Waals surface area (Å²) in [7, 11) is 0. The topological polar surface area (TPSA) is 27.8 Å². The Labute approximate surface area is 73.4 Å². The van der Waals surface area contributed by atoms with E-state index >= 15 is 0 Å². The van der Waals surface area contributed by atoms with Crippen LogP contribution in [0.5, 0.6) is 0 Å². The maximum absolute atomic E-state index is 5.18. The van der Waals surface area contributed by atoms with Crippen LogP contribution < -0.4 is 5.32 Å². The summed E-state index contributed by atoms with van der Waals surface area (Å²) in [5.41, 5.74) is 1.19. The Morgan fingerprint density at radius 1 is 1.75 bits per heavy atom. The molecule has 0 aliphatic heterocycles. The number of aromatic amines is 1. The Hall–Kier alpha value is -1.20. The van der Waals surface area contributed by atoms with Crippen LogP contribution in [0.25, 0.3) is 0 Å². The Kier molecular flexibility index (Phi) is 3.43. The minimum atomic E-state index is 0.387. The molecule has 0 aliphatic carbocycles. The molecule has 0 aromatic carbocycles. The molecule has 1 heterocycles. The van der Waals surface area contributed by atoms with Crippen molar-refractivity contribution in [2.45, 2.75) is 25.9 Å². The van der Waals surface area contributed by atoms with Crippen molar-refractivity contribution in [2.75, 3.05) is 0 Å². The fourth-order valence-electron chi connectivity index (χ4n) is 1.01. The van der Waals surface area contributed by atoms with Crippen molar-refractivity contribution in [3.8, 4) is 12.3 Å². The van der Waals surface area contributed by atoms with Crippen LogP contribution in [0.1, 0.15) is 19.0 Å². The van der Waals surface area contributed by atoms with Gasteiger partial charge in [-0.15, -0.1) is 12.3 Å². The Balaban J connectivity index is 2.23. The molecule has 0 aliphatic rings. The standard InChI is InChI=1S/C10H14N2/c1-3-5-9(2)12-8-10-6-4-7-11-10/h1,4,6-7,9,11-12H,5,8H2,2H3. The molecule has 0 bridgehead atoms. The molecule has 0 spiro atoms. The van der Waals surface area contributed by atoms with Crippen LogP contribution in [-0.4, -0.2) is 11.0 Å². The monoisotopic (exact) mass is 162 g/mol. The maximum Gasteiger partial charge on any atom is 0.0359 e. The van der Waals surface area contributed by atoms with Gasteiger partial charge in [0.25, 0.3) is 0 Å². The third kappa shape index (κ3) is 2.81. The van der Waals surface area contributed by atoms with Crippen LogP contribution in [0.15, 0.2) is 18.3 Å². The summed E-state index contributed by atoms with van der Waals surface area (Å²) in [6.07, 6.45) is 7.88. The van der Waals surface area contributed by atoms with Gasteiger partial charge < -0.3 is 10.3 Å². The predicted octanol–water partition coefficient (Wildman–Crippen LogP) is 1.52. The van der Waals surface area contributed by atoms with Crippen molar-refractivity contribution in [2.24, 2.45) is 0 Å². The highest BCUT2D eigenvalue weighted by Crippen LogP contribution is 1.95. The molecule has 2 nitrogen and oxygen atoms in total. The SMILES string of the molecule is C#CCC(C)NCc1ccc[nH]1. The lowest BCUT2D eigenvalue weighted by Crippen LogP contribution is -2.24. The van der Waals surface area contributed by atoms with Gasteiger partial charge in [0.2, 0.25) is 0 Å². The second kappa shape index (κ2) is 4.63. The van der Waals surface area contributed by atoms with Gasteiger partial charge in [-0.25, -0.2) is 0 Å². The third-order valence-corrected chi connectivity index (χ3v) is 1.73. The first-order valence-electron chi connectivity index (χ1n) is 4.12. The van der Waals surface area contributed by atoms with Crippen LogP contribution in [-0.2, 0) is 6.54 Å². The number of aromatic nitrogens is 1. The molecule has 2 heteroatoms. The second-order valence-corrected chi connectivity index (χ2v) is 2.89. The van der Waals surface area contributed by atoms with Crippen LogP contribution >= 0.6 is 0 Å². The average molecular weight is 162 g/mol. The molecule has 2 N–H and O–H groups in total. The van der Waals surface area contributed by atoms with Crippen molar-refractivity contribution in [3.05, 3.63) is 24.0 Å². The average Bonchev–Trinajstić information content (AvgIpc) is 2.53. The molecule has 1 aromatic heterocycles. The smallest absolute Gasteiger partial charge is 0.0359 e. The minimum Gasteiger partial charge on any atom is -0.364 e. The van der Waals surface area contributed by atoms with Gasteiger partial charge >= 0.3 is 0 Å². The molecular weight excluding hydrogens is 148 g/mol. The van der Waals surface area contributed by atoms with Crippen LogP contribution in [0, 0.1) is 12.3 Å². The molecule has 0 radical (unpaired) electrons. The summed E-state index contributed by atoms with van der Waals surface area (Å²) in [6, 6.07) is 4.43. The number of H-pyrrole nitrogens is 1. The van der Waals surface area contributed by atoms with Crippen molar-refractivity contribution in [3.63, 3.8) is 0 Å². The van der Waals surface area contributed by atoms with Gasteiger partial charge in [0.1, 0.15) is 0 Å². The molecule has 0 saturated carbocycles. The van der Waals surface area contributed by atoms with Crippen molar-refractivity contribution in [1.82, 2.24) is 10.3 Å². The van der Waals surface area contributed by atoms with E-state index in [9.17, 15) is 0 Å². The molecule has 1 rings (SSSR count). The van der Waals surface area contributed by atoms with Gasteiger partial charge in [-0.1, -0.05) is 0 Å². The zero-order valence-corrected chi connectivity index (χ0v) is 7.30. The van der Waals surface area contributed by atoms with E-state index < -0.39 is 0 Å².